The van der Waals surface area contributed by atoms with E-state index in [0.29, 0.717) is 18.6 Å². The number of benzene rings is 1. The molecule has 1 aliphatic carbocycles. The summed E-state index contributed by atoms with van der Waals surface area (Å²) < 4.78 is 6.57. The molecule has 1 aromatic carbocycles. The fraction of sp³-hybridized carbons (Fsp3) is 0.500. The number of halogens is 1. The van der Waals surface area contributed by atoms with Crippen molar-refractivity contribution in [3.05, 3.63) is 56.8 Å². The highest BCUT2D eigenvalue weighted by Gasteiger charge is 2.43. The number of dihydropyridines is 1. The summed E-state index contributed by atoms with van der Waals surface area (Å²) in [4.78, 5) is 26.3. The molecule has 3 rings (SSSR count). The van der Waals surface area contributed by atoms with E-state index in [4.69, 9.17) is 4.74 Å². The third-order valence-electron chi connectivity index (χ3n) is 5.64. The first-order valence-corrected chi connectivity index (χ1v) is 11.2. The van der Waals surface area contributed by atoms with E-state index in [-0.39, 0.29) is 23.1 Å². The van der Waals surface area contributed by atoms with Crippen molar-refractivity contribution in [1.29, 1.82) is 0 Å². The van der Waals surface area contributed by atoms with Crippen LogP contribution in [0.4, 0.5) is 0 Å². The van der Waals surface area contributed by atoms with Gasteiger partial charge in [-0.15, -0.1) is 0 Å². The number of esters is 1. The van der Waals surface area contributed by atoms with Gasteiger partial charge in [0.2, 0.25) is 0 Å². The number of carbonyl (C=O) groups excluding carboxylic acids is 2. The zero-order valence-electron chi connectivity index (χ0n) is 17.7. The Balaban J connectivity index is 2.01. The molecule has 0 fully saturated rings. The van der Waals surface area contributed by atoms with E-state index < -0.39 is 0 Å². The highest BCUT2D eigenvalue weighted by atomic mass is 79.9. The van der Waals surface area contributed by atoms with Crippen LogP contribution in [0.15, 0.2) is 51.3 Å². The van der Waals surface area contributed by atoms with Gasteiger partial charge in [-0.3, -0.25) is 4.79 Å². The molecule has 156 valence electrons. The van der Waals surface area contributed by atoms with Crippen LogP contribution in [0, 0.1) is 5.41 Å². The molecule has 0 spiro atoms. The number of hydrogen-bond donors (Lipinski definition) is 1. The normalized spacial score (nSPS) is 21.0. The SMILES string of the molecule is CCCCCOC(=O)C1=C(C)NC2=C(C(=O)CC(C)(C)C2)C1c1ccc(Br)cc1. The van der Waals surface area contributed by atoms with Gasteiger partial charge < -0.3 is 10.1 Å². The Labute approximate surface area is 181 Å². The zero-order chi connectivity index (χ0) is 21.2. The number of unbranched alkanes of at least 4 members (excludes halogenated alkanes) is 2. The quantitative estimate of drug-likeness (QED) is 0.432. The second kappa shape index (κ2) is 8.86. The molecule has 0 saturated heterocycles. The van der Waals surface area contributed by atoms with Crippen molar-refractivity contribution in [2.45, 2.75) is 65.7 Å². The van der Waals surface area contributed by atoms with Crippen molar-refractivity contribution in [1.82, 2.24) is 5.32 Å². The zero-order valence-corrected chi connectivity index (χ0v) is 19.3. The lowest BCUT2D eigenvalue weighted by Gasteiger charge is -2.39. The Bertz CT molecular complexity index is 865. The summed E-state index contributed by atoms with van der Waals surface area (Å²) in [6, 6.07) is 7.87. The molecule has 0 bridgehead atoms. The monoisotopic (exact) mass is 459 g/mol. The van der Waals surface area contributed by atoms with Gasteiger partial charge in [-0.25, -0.2) is 4.79 Å². The van der Waals surface area contributed by atoms with Gasteiger partial charge in [0.05, 0.1) is 12.2 Å². The van der Waals surface area contributed by atoms with Crippen LogP contribution in [-0.4, -0.2) is 18.4 Å². The van der Waals surface area contributed by atoms with Crippen molar-refractivity contribution in [2.75, 3.05) is 6.61 Å². The molecule has 5 heteroatoms. The van der Waals surface area contributed by atoms with Gasteiger partial charge >= 0.3 is 5.97 Å². The summed E-state index contributed by atoms with van der Waals surface area (Å²) in [6.45, 7) is 8.66. The Morgan fingerprint density at radius 1 is 1.21 bits per heavy atom. The Hall–Kier alpha value is -1.88. The van der Waals surface area contributed by atoms with E-state index in [0.717, 1.165) is 52.7 Å². The predicted molar refractivity (Wildman–Crippen MR) is 118 cm³/mol. The number of ketones is 1. The lowest BCUT2D eigenvalue weighted by molar-refractivity contribution is -0.139. The van der Waals surface area contributed by atoms with Gasteiger partial charge in [-0.05, 0) is 42.9 Å². The molecule has 29 heavy (non-hydrogen) atoms. The molecule has 2 aliphatic rings. The van der Waals surface area contributed by atoms with Crippen molar-refractivity contribution in [3.8, 4) is 0 Å². The maximum atomic E-state index is 13.2. The summed E-state index contributed by atoms with van der Waals surface area (Å²) in [6.07, 6.45) is 4.23. The van der Waals surface area contributed by atoms with E-state index in [2.05, 4.69) is 42.0 Å². The van der Waals surface area contributed by atoms with Crippen LogP contribution in [0.25, 0.3) is 0 Å². The number of allylic oxidation sites excluding steroid dienone is 3. The molecule has 4 nitrogen and oxygen atoms in total. The van der Waals surface area contributed by atoms with E-state index >= 15 is 0 Å². The van der Waals surface area contributed by atoms with Gasteiger partial charge in [-0.2, -0.15) is 0 Å². The van der Waals surface area contributed by atoms with E-state index in [9.17, 15) is 9.59 Å². The van der Waals surface area contributed by atoms with Crippen LogP contribution in [0.1, 0.15) is 71.3 Å². The first-order chi connectivity index (χ1) is 13.7. The molecule has 1 N–H and O–H groups in total. The standard InChI is InChI=1S/C24H30BrNO3/c1-5-6-7-12-29-23(28)20-15(2)26-18-13-24(3,4)14-19(27)22(18)21(20)16-8-10-17(25)11-9-16/h8-11,21,26H,5-7,12-14H2,1-4H3. The number of hydrogen-bond acceptors (Lipinski definition) is 4. The summed E-state index contributed by atoms with van der Waals surface area (Å²) in [5.41, 5.74) is 3.84. The van der Waals surface area contributed by atoms with Crippen LogP contribution in [0.2, 0.25) is 0 Å². The minimum Gasteiger partial charge on any atom is -0.462 e. The molecule has 1 heterocycles. The molecule has 0 aromatic heterocycles. The number of nitrogens with one attached hydrogen (secondary N) is 1. The predicted octanol–water partition coefficient (Wildman–Crippen LogP) is 5.79. The summed E-state index contributed by atoms with van der Waals surface area (Å²) in [5.74, 6) is -0.606. The fourth-order valence-electron chi connectivity index (χ4n) is 4.29. The largest absolute Gasteiger partial charge is 0.462 e. The van der Waals surface area contributed by atoms with Crippen LogP contribution in [-0.2, 0) is 14.3 Å². The molecule has 1 atom stereocenters. The van der Waals surface area contributed by atoms with Crippen molar-refractivity contribution in [3.63, 3.8) is 0 Å². The minimum atomic E-state index is -0.387. The van der Waals surface area contributed by atoms with Gasteiger partial charge in [0.25, 0.3) is 0 Å². The molecular formula is C24H30BrNO3. The van der Waals surface area contributed by atoms with Crippen molar-refractivity contribution >= 4 is 27.7 Å². The first kappa shape index (κ1) is 21.8. The fourth-order valence-corrected chi connectivity index (χ4v) is 4.55. The van der Waals surface area contributed by atoms with E-state index in [1.807, 2.05) is 31.2 Å². The molecule has 1 unspecified atom stereocenters. The molecule has 0 amide bonds. The summed E-state index contributed by atoms with van der Waals surface area (Å²) in [7, 11) is 0. The summed E-state index contributed by atoms with van der Waals surface area (Å²) >= 11 is 3.48. The molecule has 0 saturated carbocycles. The smallest absolute Gasteiger partial charge is 0.336 e. The number of rotatable bonds is 6. The maximum absolute atomic E-state index is 13.2. The topological polar surface area (TPSA) is 55.4 Å². The van der Waals surface area contributed by atoms with Crippen molar-refractivity contribution in [2.24, 2.45) is 5.41 Å². The highest BCUT2D eigenvalue weighted by Crippen LogP contribution is 2.46. The van der Waals surface area contributed by atoms with Gasteiger partial charge in [0.1, 0.15) is 0 Å². The second-order valence-electron chi connectivity index (χ2n) is 8.82. The Morgan fingerprint density at radius 3 is 2.55 bits per heavy atom. The van der Waals surface area contributed by atoms with E-state index in [1.54, 1.807) is 0 Å². The third-order valence-corrected chi connectivity index (χ3v) is 6.17. The highest BCUT2D eigenvalue weighted by molar-refractivity contribution is 9.10. The lowest BCUT2D eigenvalue weighted by atomic mass is 9.68. The molecule has 1 aromatic rings. The van der Waals surface area contributed by atoms with E-state index in [1.165, 1.54) is 0 Å². The minimum absolute atomic E-state index is 0.0916. The van der Waals surface area contributed by atoms with Gasteiger partial charge in [-0.1, -0.05) is 61.7 Å². The molecule has 0 radical (unpaired) electrons. The van der Waals surface area contributed by atoms with Gasteiger partial charge in [0, 0.05) is 33.8 Å². The lowest BCUT2D eigenvalue weighted by Crippen LogP contribution is -2.38. The average molecular weight is 460 g/mol. The number of carbonyl (C=O) groups is 2. The van der Waals surface area contributed by atoms with Crippen molar-refractivity contribution < 1.29 is 14.3 Å². The van der Waals surface area contributed by atoms with Crippen LogP contribution in [0.5, 0.6) is 0 Å². The summed E-state index contributed by atoms with van der Waals surface area (Å²) in [5, 5.41) is 3.38. The molecule has 1 aliphatic heterocycles. The third kappa shape index (κ3) is 4.82. The Kier molecular flexibility index (Phi) is 6.67. The first-order valence-electron chi connectivity index (χ1n) is 10.4. The maximum Gasteiger partial charge on any atom is 0.336 e. The van der Waals surface area contributed by atoms with Crippen LogP contribution < -0.4 is 5.32 Å². The number of Topliss-reactive ketones (excluding diaryl/α,β-unsaturated/α-hetero) is 1. The average Bonchev–Trinajstić information content (AvgIpc) is 2.63. The molecular weight excluding hydrogens is 430 g/mol. The van der Waals surface area contributed by atoms with Gasteiger partial charge in [0.15, 0.2) is 5.78 Å². The van der Waals surface area contributed by atoms with Crippen LogP contribution >= 0.6 is 15.9 Å². The number of ether oxygens (including phenoxy) is 1. The second-order valence-corrected chi connectivity index (χ2v) is 9.74. The Morgan fingerprint density at radius 2 is 1.90 bits per heavy atom. The van der Waals surface area contributed by atoms with Crippen LogP contribution in [0.3, 0.4) is 0 Å².